The first-order chi connectivity index (χ1) is 10.2. The van der Waals surface area contributed by atoms with E-state index in [2.05, 4.69) is 33.9 Å². The van der Waals surface area contributed by atoms with Crippen molar-refractivity contribution in [2.45, 2.75) is 12.5 Å². The third-order valence-electron chi connectivity index (χ3n) is 3.61. The number of para-hydroxylation sites is 2. The Kier molecular flexibility index (Phi) is 3.72. The van der Waals surface area contributed by atoms with Crippen LogP contribution in [0.2, 0.25) is 0 Å². The summed E-state index contributed by atoms with van der Waals surface area (Å²) >= 11 is 3.56. The monoisotopic (exact) mass is 345 g/mol. The first kappa shape index (κ1) is 14.1. The summed E-state index contributed by atoms with van der Waals surface area (Å²) in [6.45, 7) is 2.06. The molecule has 0 N–H and O–H groups in total. The van der Waals surface area contributed by atoms with Crippen molar-refractivity contribution in [2.24, 2.45) is 4.99 Å². The zero-order valence-corrected chi connectivity index (χ0v) is 13.6. The second-order valence-corrected chi connectivity index (χ2v) is 5.66. The maximum absolute atomic E-state index is 6.20. The molecule has 2 aromatic rings. The molecule has 108 valence electrons. The Hall–Kier alpha value is -1.81. The van der Waals surface area contributed by atoms with E-state index >= 15 is 0 Å². The molecule has 1 atom stereocenters. The third-order valence-corrected chi connectivity index (χ3v) is 4.68. The van der Waals surface area contributed by atoms with Crippen molar-refractivity contribution in [2.75, 3.05) is 12.4 Å². The first-order valence-electron chi connectivity index (χ1n) is 6.74. The van der Waals surface area contributed by atoms with Gasteiger partial charge in [-0.3, -0.25) is 0 Å². The highest BCUT2D eigenvalue weighted by molar-refractivity contribution is 9.09. The average Bonchev–Trinajstić information content (AvgIpc) is 2.54. The van der Waals surface area contributed by atoms with Gasteiger partial charge in [0, 0.05) is 10.9 Å². The Morgan fingerprint density at radius 1 is 1.14 bits per heavy atom. The van der Waals surface area contributed by atoms with Crippen LogP contribution in [0.1, 0.15) is 18.1 Å². The van der Waals surface area contributed by atoms with Gasteiger partial charge in [-0.1, -0.05) is 46.3 Å². The van der Waals surface area contributed by atoms with Gasteiger partial charge in [0.1, 0.15) is 11.4 Å². The molecule has 0 amide bonds. The Labute approximate surface area is 132 Å². The predicted octanol–water partition coefficient (Wildman–Crippen LogP) is 4.41. The maximum Gasteiger partial charge on any atom is 0.226 e. The number of rotatable bonds is 3. The third kappa shape index (κ3) is 2.44. The number of halogens is 1. The second-order valence-electron chi connectivity index (χ2n) is 5.10. The van der Waals surface area contributed by atoms with Crippen molar-refractivity contribution >= 4 is 27.5 Å². The van der Waals surface area contributed by atoms with Crippen LogP contribution >= 0.6 is 15.9 Å². The molecule has 2 aromatic carbocycles. The van der Waals surface area contributed by atoms with E-state index in [1.165, 1.54) is 0 Å². The Morgan fingerprint density at radius 2 is 1.86 bits per heavy atom. The highest BCUT2D eigenvalue weighted by Gasteiger charge is 2.35. The number of fused-ring (bicyclic) bond motifs is 1. The van der Waals surface area contributed by atoms with Gasteiger partial charge < -0.3 is 9.47 Å². The van der Waals surface area contributed by atoms with Gasteiger partial charge in [0.2, 0.25) is 5.90 Å². The number of benzene rings is 2. The molecular formula is C17H16BrNO2. The number of nitrogens with zero attached hydrogens (tertiary/aromatic N) is 1. The van der Waals surface area contributed by atoms with Crippen molar-refractivity contribution in [3.8, 4) is 5.75 Å². The van der Waals surface area contributed by atoms with Crippen molar-refractivity contribution in [1.82, 2.24) is 0 Å². The lowest BCUT2D eigenvalue weighted by Gasteiger charge is -2.34. The normalized spacial score (nSPS) is 20.2. The summed E-state index contributed by atoms with van der Waals surface area (Å²) in [5.74, 6) is 1.35. The number of aliphatic imine (C=N–C) groups is 1. The molecule has 1 aliphatic heterocycles. The number of ether oxygens (including phenoxy) is 2. The van der Waals surface area contributed by atoms with Crippen LogP contribution in [0.25, 0.3) is 0 Å². The van der Waals surface area contributed by atoms with Crippen LogP contribution in [-0.4, -0.2) is 18.3 Å². The van der Waals surface area contributed by atoms with E-state index in [0.29, 0.717) is 11.2 Å². The molecule has 21 heavy (non-hydrogen) atoms. The summed E-state index contributed by atoms with van der Waals surface area (Å²) in [6, 6.07) is 15.8. The average molecular weight is 346 g/mol. The molecule has 3 nitrogen and oxygen atoms in total. The molecule has 0 aromatic heterocycles. The summed E-state index contributed by atoms with van der Waals surface area (Å²) in [6.07, 6.45) is 0. The molecule has 0 fully saturated rings. The van der Waals surface area contributed by atoms with E-state index in [-0.39, 0.29) is 0 Å². The lowest BCUT2D eigenvalue weighted by Crippen LogP contribution is -2.34. The quantitative estimate of drug-likeness (QED) is 0.771. The van der Waals surface area contributed by atoms with Crippen molar-refractivity contribution in [3.63, 3.8) is 0 Å². The number of methoxy groups -OCH3 is 1. The van der Waals surface area contributed by atoms with E-state index in [1.54, 1.807) is 7.11 Å². The summed E-state index contributed by atoms with van der Waals surface area (Å²) < 4.78 is 11.6. The zero-order valence-electron chi connectivity index (χ0n) is 12.0. The van der Waals surface area contributed by atoms with Crippen LogP contribution in [0.3, 0.4) is 0 Å². The minimum Gasteiger partial charge on any atom is -0.496 e. The summed E-state index contributed by atoms with van der Waals surface area (Å²) in [5, 5.41) is 0.686. The molecule has 0 saturated carbocycles. The van der Waals surface area contributed by atoms with E-state index in [9.17, 15) is 0 Å². The van der Waals surface area contributed by atoms with Gasteiger partial charge >= 0.3 is 0 Å². The van der Waals surface area contributed by atoms with Crippen LogP contribution in [0.15, 0.2) is 53.5 Å². The molecule has 0 radical (unpaired) electrons. The van der Waals surface area contributed by atoms with Crippen LogP contribution in [-0.2, 0) is 10.3 Å². The molecule has 1 unspecified atom stereocenters. The zero-order chi connectivity index (χ0) is 14.9. The predicted molar refractivity (Wildman–Crippen MR) is 87.9 cm³/mol. The molecule has 0 saturated heterocycles. The smallest absolute Gasteiger partial charge is 0.226 e. The Balaban J connectivity index is 2.16. The molecule has 0 aliphatic carbocycles. The van der Waals surface area contributed by atoms with Crippen molar-refractivity contribution < 1.29 is 9.47 Å². The summed E-state index contributed by atoms with van der Waals surface area (Å²) in [4.78, 5) is 4.66. The lowest BCUT2D eigenvalue weighted by atomic mass is 9.94. The van der Waals surface area contributed by atoms with E-state index < -0.39 is 5.60 Å². The molecule has 3 rings (SSSR count). The Bertz CT molecular complexity index is 699. The van der Waals surface area contributed by atoms with Gasteiger partial charge in [0.25, 0.3) is 0 Å². The molecule has 1 aliphatic rings. The van der Waals surface area contributed by atoms with Gasteiger partial charge in [-0.15, -0.1) is 0 Å². The molecule has 0 spiro atoms. The van der Waals surface area contributed by atoms with Gasteiger partial charge in [-0.05, 0) is 25.1 Å². The Morgan fingerprint density at radius 3 is 2.62 bits per heavy atom. The van der Waals surface area contributed by atoms with E-state index in [0.717, 1.165) is 22.6 Å². The second kappa shape index (κ2) is 5.53. The minimum absolute atomic E-state index is 0.450. The largest absolute Gasteiger partial charge is 0.496 e. The molecule has 1 heterocycles. The SMILES string of the molecule is COc1ccccc1C1=Nc2ccccc2C(C)(CBr)O1. The summed E-state index contributed by atoms with van der Waals surface area (Å²) in [5.41, 5.74) is 2.43. The number of alkyl halides is 1. The van der Waals surface area contributed by atoms with Gasteiger partial charge in [0.15, 0.2) is 0 Å². The fraction of sp³-hybridized carbons (Fsp3) is 0.235. The molecular weight excluding hydrogens is 330 g/mol. The highest BCUT2D eigenvalue weighted by atomic mass is 79.9. The number of hydrogen-bond acceptors (Lipinski definition) is 3. The van der Waals surface area contributed by atoms with Crippen molar-refractivity contribution in [1.29, 1.82) is 0 Å². The van der Waals surface area contributed by atoms with Gasteiger partial charge in [-0.2, -0.15) is 0 Å². The van der Waals surface area contributed by atoms with Crippen molar-refractivity contribution in [3.05, 3.63) is 59.7 Å². The van der Waals surface area contributed by atoms with E-state index in [4.69, 9.17) is 9.47 Å². The van der Waals surface area contributed by atoms with Crippen LogP contribution in [0.4, 0.5) is 5.69 Å². The summed E-state index contributed by atoms with van der Waals surface area (Å²) in [7, 11) is 1.65. The van der Waals surface area contributed by atoms with Crippen LogP contribution in [0, 0.1) is 0 Å². The number of hydrogen-bond donors (Lipinski definition) is 0. The topological polar surface area (TPSA) is 30.8 Å². The minimum atomic E-state index is -0.450. The maximum atomic E-state index is 6.20. The van der Waals surface area contributed by atoms with Gasteiger partial charge in [-0.25, -0.2) is 4.99 Å². The molecule has 4 heteroatoms. The first-order valence-corrected chi connectivity index (χ1v) is 7.86. The van der Waals surface area contributed by atoms with Crippen LogP contribution in [0.5, 0.6) is 5.75 Å². The van der Waals surface area contributed by atoms with Gasteiger partial charge in [0.05, 0.1) is 18.4 Å². The van der Waals surface area contributed by atoms with Crippen LogP contribution < -0.4 is 4.74 Å². The standard InChI is InChI=1S/C17H16BrNO2/c1-17(11-18)13-8-4-5-9-14(13)19-16(21-17)12-7-3-6-10-15(12)20-2/h3-10H,11H2,1-2H3. The fourth-order valence-electron chi connectivity index (χ4n) is 2.45. The van der Waals surface area contributed by atoms with E-state index in [1.807, 2.05) is 42.5 Å². The lowest BCUT2D eigenvalue weighted by molar-refractivity contribution is 0.0977. The highest BCUT2D eigenvalue weighted by Crippen LogP contribution is 2.40. The molecule has 0 bridgehead atoms. The fourth-order valence-corrected chi connectivity index (χ4v) is 2.87.